The molecular formula is C15H21F3N2O3S. The lowest BCUT2D eigenvalue weighted by Gasteiger charge is -2.35. The zero-order chi connectivity index (χ0) is 17.8. The maximum absolute atomic E-state index is 12.7. The second-order valence-electron chi connectivity index (χ2n) is 5.54. The molecular weight excluding hydrogens is 345 g/mol. The van der Waals surface area contributed by atoms with Crippen molar-refractivity contribution in [1.29, 1.82) is 0 Å². The van der Waals surface area contributed by atoms with Crippen molar-refractivity contribution in [2.45, 2.75) is 19.1 Å². The van der Waals surface area contributed by atoms with Crippen molar-refractivity contribution in [3.05, 3.63) is 35.4 Å². The Morgan fingerprint density at radius 1 is 1.21 bits per heavy atom. The smallest absolute Gasteiger partial charge is 0.379 e. The third kappa shape index (κ3) is 5.17. The molecule has 0 saturated carbocycles. The van der Waals surface area contributed by atoms with Crippen LogP contribution < -0.4 is 4.72 Å². The summed E-state index contributed by atoms with van der Waals surface area (Å²) >= 11 is 0. The molecule has 0 aromatic heterocycles. The number of rotatable bonds is 6. The third-order valence-corrected chi connectivity index (χ3v) is 5.35. The van der Waals surface area contributed by atoms with Gasteiger partial charge in [0.25, 0.3) is 0 Å². The molecule has 1 N–H and O–H groups in total. The zero-order valence-corrected chi connectivity index (χ0v) is 14.2. The first-order valence-electron chi connectivity index (χ1n) is 7.69. The SMILES string of the molecule is CCS(=O)(=O)NC[C@H](c1ccc(C(F)(F)F)cc1)N1CCOCC1. The number of benzene rings is 1. The van der Waals surface area contributed by atoms with Crippen molar-refractivity contribution in [2.24, 2.45) is 0 Å². The summed E-state index contributed by atoms with van der Waals surface area (Å²) in [5.74, 6) is -0.0458. The molecule has 0 spiro atoms. The average molecular weight is 366 g/mol. The Hall–Kier alpha value is -1.16. The molecule has 1 aromatic carbocycles. The van der Waals surface area contributed by atoms with Gasteiger partial charge in [-0.1, -0.05) is 12.1 Å². The van der Waals surface area contributed by atoms with Crippen LogP contribution in [0.15, 0.2) is 24.3 Å². The summed E-state index contributed by atoms with van der Waals surface area (Å²) in [4.78, 5) is 2.02. The lowest BCUT2D eigenvalue weighted by molar-refractivity contribution is -0.137. The molecule has 1 aromatic rings. The number of halogens is 3. The third-order valence-electron chi connectivity index (χ3n) is 3.99. The van der Waals surface area contributed by atoms with Crippen LogP contribution in [0.1, 0.15) is 24.1 Å². The van der Waals surface area contributed by atoms with Gasteiger partial charge >= 0.3 is 6.18 Å². The summed E-state index contributed by atoms with van der Waals surface area (Å²) in [7, 11) is -3.38. The molecule has 1 saturated heterocycles. The van der Waals surface area contributed by atoms with Crippen LogP contribution in [0.4, 0.5) is 13.2 Å². The molecule has 1 heterocycles. The summed E-state index contributed by atoms with van der Waals surface area (Å²) in [6, 6.07) is 4.53. The van der Waals surface area contributed by atoms with Gasteiger partial charge in [0.05, 0.1) is 24.5 Å². The molecule has 1 atom stereocenters. The molecule has 5 nitrogen and oxygen atoms in total. The number of sulfonamides is 1. The van der Waals surface area contributed by atoms with Gasteiger partial charge in [0, 0.05) is 25.7 Å². The van der Waals surface area contributed by atoms with E-state index >= 15 is 0 Å². The largest absolute Gasteiger partial charge is 0.416 e. The maximum Gasteiger partial charge on any atom is 0.416 e. The molecule has 0 aliphatic carbocycles. The van der Waals surface area contributed by atoms with E-state index in [4.69, 9.17) is 4.74 Å². The van der Waals surface area contributed by atoms with E-state index < -0.39 is 21.8 Å². The van der Waals surface area contributed by atoms with E-state index in [9.17, 15) is 21.6 Å². The molecule has 136 valence electrons. The van der Waals surface area contributed by atoms with Crippen LogP contribution in [0.5, 0.6) is 0 Å². The van der Waals surface area contributed by atoms with E-state index in [1.54, 1.807) is 0 Å². The van der Waals surface area contributed by atoms with Crippen molar-refractivity contribution in [3.8, 4) is 0 Å². The van der Waals surface area contributed by atoms with E-state index in [2.05, 4.69) is 4.72 Å². The van der Waals surface area contributed by atoms with E-state index in [1.807, 2.05) is 4.90 Å². The number of alkyl halides is 3. The van der Waals surface area contributed by atoms with Crippen LogP contribution in [0.3, 0.4) is 0 Å². The minimum absolute atomic E-state index is 0.0458. The summed E-state index contributed by atoms with van der Waals surface area (Å²) < 4.78 is 69.3. The minimum atomic E-state index is -4.39. The molecule has 1 aliphatic heterocycles. The molecule has 24 heavy (non-hydrogen) atoms. The van der Waals surface area contributed by atoms with Crippen LogP contribution in [0, 0.1) is 0 Å². The van der Waals surface area contributed by atoms with Crippen LogP contribution in [-0.2, 0) is 20.9 Å². The number of nitrogens with zero attached hydrogens (tertiary/aromatic N) is 1. The molecule has 0 bridgehead atoms. The Morgan fingerprint density at radius 2 is 1.79 bits per heavy atom. The predicted molar refractivity (Wildman–Crippen MR) is 84.0 cm³/mol. The van der Waals surface area contributed by atoms with Crippen LogP contribution in [-0.4, -0.2) is 51.9 Å². The fourth-order valence-corrected chi connectivity index (χ4v) is 3.17. The Kier molecular flexibility index (Phi) is 6.24. The lowest BCUT2D eigenvalue weighted by atomic mass is 10.0. The van der Waals surface area contributed by atoms with Crippen molar-refractivity contribution in [3.63, 3.8) is 0 Å². The molecule has 0 amide bonds. The van der Waals surface area contributed by atoms with E-state index in [1.165, 1.54) is 19.1 Å². The Morgan fingerprint density at radius 3 is 2.29 bits per heavy atom. The standard InChI is InChI=1S/C15H21F3N2O3S/c1-2-24(21,22)19-11-14(20-7-9-23-10-8-20)12-3-5-13(6-4-12)15(16,17)18/h3-6,14,19H,2,7-11H2,1H3/t14-/m1/s1. The number of nitrogens with one attached hydrogen (secondary N) is 1. The number of ether oxygens (including phenoxy) is 1. The molecule has 0 radical (unpaired) electrons. The quantitative estimate of drug-likeness (QED) is 0.837. The predicted octanol–water partition coefficient (Wildman–Crippen LogP) is 2.02. The summed E-state index contributed by atoms with van der Waals surface area (Å²) in [5, 5.41) is 0. The number of hydrogen-bond donors (Lipinski definition) is 1. The molecule has 2 rings (SSSR count). The van der Waals surface area contributed by atoms with Crippen LogP contribution in [0.25, 0.3) is 0 Å². The van der Waals surface area contributed by atoms with Gasteiger partial charge in [-0.15, -0.1) is 0 Å². The lowest BCUT2D eigenvalue weighted by Crippen LogP contribution is -2.44. The second kappa shape index (κ2) is 7.81. The summed E-state index contributed by atoms with van der Waals surface area (Å²) in [6.07, 6.45) is -4.39. The van der Waals surface area contributed by atoms with Gasteiger partial charge < -0.3 is 4.74 Å². The summed E-state index contributed by atoms with van der Waals surface area (Å²) in [6.45, 7) is 3.86. The van der Waals surface area contributed by atoms with Gasteiger partial charge in [-0.05, 0) is 24.6 Å². The van der Waals surface area contributed by atoms with Crippen molar-refractivity contribution in [2.75, 3.05) is 38.6 Å². The fourth-order valence-electron chi connectivity index (χ4n) is 2.55. The van der Waals surface area contributed by atoms with Gasteiger partial charge in [-0.3, -0.25) is 4.90 Å². The molecule has 1 fully saturated rings. The van der Waals surface area contributed by atoms with Crippen molar-refractivity contribution in [1.82, 2.24) is 9.62 Å². The van der Waals surface area contributed by atoms with Crippen LogP contribution >= 0.6 is 0 Å². The van der Waals surface area contributed by atoms with E-state index in [0.717, 1.165) is 12.1 Å². The fraction of sp³-hybridized carbons (Fsp3) is 0.600. The zero-order valence-electron chi connectivity index (χ0n) is 13.3. The molecule has 0 unspecified atom stereocenters. The maximum atomic E-state index is 12.7. The second-order valence-corrected chi connectivity index (χ2v) is 7.63. The van der Waals surface area contributed by atoms with Gasteiger partial charge in [0.2, 0.25) is 10.0 Å². The average Bonchev–Trinajstić information content (AvgIpc) is 2.55. The van der Waals surface area contributed by atoms with Crippen molar-refractivity contribution < 1.29 is 26.3 Å². The van der Waals surface area contributed by atoms with Gasteiger partial charge in [0.15, 0.2) is 0 Å². The highest BCUT2D eigenvalue weighted by molar-refractivity contribution is 7.89. The molecule has 9 heteroatoms. The Balaban J connectivity index is 2.21. The van der Waals surface area contributed by atoms with Gasteiger partial charge in [-0.25, -0.2) is 13.1 Å². The number of hydrogen-bond acceptors (Lipinski definition) is 4. The Bertz CT molecular complexity index is 626. The Labute approximate surface area is 139 Å². The van der Waals surface area contributed by atoms with E-state index in [-0.39, 0.29) is 18.3 Å². The van der Waals surface area contributed by atoms with Gasteiger partial charge in [0.1, 0.15) is 0 Å². The monoisotopic (exact) mass is 366 g/mol. The highest BCUT2D eigenvalue weighted by Crippen LogP contribution is 2.31. The highest BCUT2D eigenvalue weighted by atomic mass is 32.2. The normalized spacial score (nSPS) is 18.5. The number of morpholine rings is 1. The van der Waals surface area contributed by atoms with Crippen LogP contribution in [0.2, 0.25) is 0 Å². The van der Waals surface area contributed by atoms with E-state index in [0.29, 0.717) is 31.9 Å². The summed E-state index contributed by atoms with van der Waals surface area (Å²) in [5.41, 5.74) is -0.0789. The first kappa shape index (κ1) is 19.2. The minimum Gasteiger partial charge on any atom is -0.379 e. The first-order valence-corrected chi connectivity index (χ1v) is 9.34. The van der Waals surface area contributed by atoms with Gasteiger partial charge in [-0.2, -0.15) is 13.2 Å². The van der Waals surface area contributed by atoms with Crippen molar-refractivity contribution >= 4 is 10.0 Å². The first-order chi connectivity index (χ1) is 11.2. The topological polar surface area (TPSA) is 58.6 Å². The highest BCUT2D eigenvalue weighted by Gasteiger charge is 2.31. The molecule has 1 aliphatic rings.